The molecule has 0 spiro atoms. The minimum Gasteiger partial charge on any atom is -0.341 e. The third kappa shape index (κ3) is 5.85. The van der Waals surface area contributed by atoms with Crippen LogP contribution in [0.25, 0.3) is 0 Å². The van der Waals surface area contributed by atoms with Crippen molar-refractivity contribution >= 4 is 11.8 Å². The summed E-state index contributed by atoms with van der Waals surface area (Å²) in [7, 11) is 0. The fourth-order valence-corrected chi connectivity index (χ4v) is 5.56. The first kappa shape index (κ1) is 23.1. The number of carbonyl (C=O) groups is 2. The summed E-state index contributed by atoms with van der Waals surface area (Å²) in [5.74, 6) is 2.94. The van der Waals surface area contributed by atoms with E-state index in [1.165, 1.54) is 30.4 Å². The molecule has 0 aromatic heterocycles. The van der Waals surface area contributed by atoms with E-state index in [2.05, 4.69) is 42.3 Å². The van der Waals surface area contributed by atoms with Gasteiger partial charge >= 0.3 is 0 Å². The number of nitrogens with zero attached hydrogens (tertiary/aromatic N) is 2. The van der Waals surface area contributed by atoms with Gasteiger partial charge in [0, 0.05) is 31.5 Å². The van der Waals surface area contributed by atoms with Crippen molar-refractivity contribution in [2.45, 2.75) is 50.4 Å². The molecule has 0 radical (unpaired) electrons. The number of hydrogen-bond donors (Lipinski definition) is 0. The molecule has 4 heteroatoms. The molecular formula is C29H34N2O2. The molecule has 1 saturated carbocycles. The summed E-state index contributed by atoms with van der Waals surface area (Å²) in [5, 5.41) is 0. The Balaban J connectivity index is 1.46. The Labute approximate surface area is 198 Å². The number of hydrogen-bond acceptors (Lipinski definition) is 2. The fourth-order valence-electron chi connectivity index (χ4n) is 5.56. The number of likely N-dealkylation sites (tertiary alicyclic amines) is 1. The summed E-state index contributed by atoms with van der Waals surface area (Å²) >= 11 is 0. The Hall–Kier alpha value is -3.06. The van der Waals surface area contributed by atoms with Crippen LogP contribution in [0.3, 0.4) is 0 Å². The van der Waals surface area contributed by atoms with Gasteiger partial charge in [0.15, 0.2) is 0 Å². The van der Waals surface area contributed by atoms with Crippen LogP contribution < -0.4 is 0 Å². The maximum absolute atomic E-state index is 13.2. The van der Waals surface area contributed by atoms with Crippen LogP contribution in [0, 0.1) is 18.3 Å². The lowest BCUT2D eigenvalue weighted by atomic mass is 9.76. The molecule has 2 amide bonds. The van der Waals surface area contributed by atoms with Crippen molar-refractivity contribution in [3.63, 3.8) is 0 Å². The minimum absolute atomic E-state index is 0.00696. The van der Waals surface area contributed by atoms with E-state index in [1.54, 1.807) is 4.90 Å². The summed E-state index contributed by atoms with van der Waals surface area (Å²) in [4.78, 5) is 29.4. The van der Waals surface area contributed by atoms with Crippen molar-refractivity contribution in [1.82, 2.24) is 9.80 Å². The Bertz CT molecular complexity index is 960. The van der Waals surface area contributed by atoms with Crippen LogP contribution in [0.2, 0.25) is 0 Å². The number of carbonyl (C=O) groups excluding carboxylic acids is 2. The van der Waals surface area contributed by atoms with Gasteiger partial charge in [-0.15, -0.1) is 6.42 Å². The highest BCUT2D eigenvalue weighted by molar-refractivity contribution is 5.95. The normalized spacial score (nSPS) is 19.6. The summed E-state index contributed by atoms with van der Waals surface area (Å²) < 4.78 is 0. The molecule has 2 aromatic rings. The third-order valence-electron chi connectivity index (χ3n) is 7.41. The van der Waals surface area contributed by atoms with Gasteiger partial charge in [-0.3, -0.25) is 9.59 Å². The molecule has 2 fully saturated rings. The summed E-state index contributed by atoms with van der Waals surface area (Å²) in [6.45, 7) is 1.98. The largest absolute Gasteiger partial charge is 0.341 e. The average Bonchev–Trinajstić information content (AvgIpc) is 3.38. The first-order chi connectivity index (χ1) is 16.2. The minimum atomic E-state index is -0.390. The van der Waals surface area contributed by atoms with Crippen LogP contribution in [-0.2, 0) is 9.59 Å². The molecule has 2 atom stereocenters. The van der Waals surface area contributed by atoms with E-state index < -0.39 is 0 Å². The molecule has 0 N–H and O–H groups in total. The van der Waals surface area contributed by atoms with Crippen LogP contribution in [0.1, 0.15) is 61.5 Å². The number of benzene rings is 2. The van der Waals surface area contributed by atoms with Crippen LogP contribution in [0.4, 0.5) is 0 Å². The second-order valence-corrected chi connectivity index (χ2v) is 9.48. The highest BCUT2D eigenvalue weighted by Gasteiger charge is 2.32. The van der Waals surface area contributed by atoms with E-state index in [4.69, 9.17) is 6.42 Å². The molecule has 172 valence electrons. The highest BCUT2D eigenvalue weighted by atomic mass is 16.2. The molecule has 0 bridgehead atoms. The second kappa shape index (κ2) is 11.2. The monoisotopic (exact) mass is 442 g/mol. The zero-order valence-electron chi connectivity index (χ0n) is 19.4. The van der Waals surface area contributed by atoms with E-state index in [1.807, 2.05) is 29.2 Å². The van der Waals surface area contributed by atoms with Crippen LogP contribution in [0.5, 0.6) is 0 Å². The molecule has 33 heavy (non-hydrogen) atoms. The maximum Gasteiger partial charge on any atom is 0.298 e. The zero-order valence-corrected chi connectivity index (χ0v) is 19.4. The van der Waals surface area contributed by atoms with Crippen molar-refractivity contribution < 1.29 is 9.59 Å². The van der Waals surface area contributed by atoms with Gasteiger partial charge in [-0.1, -0.05) is 79.9 Å². The zero-order chi connectivity index (χ0) is 23.0. The van der Waals surface area contributed by atoms with Gasteiger partial charge in [0.2, 0.25) is 5.91 Å². The Morgan fingerprint density at radius 1 is 0.970 bits per heavy atom. The first-order valence-electron chi connectivity index (χ1n) is 12.3. The first-order valence-corrected chi connectivity index (χ1v) is 12.3. The molecule has 1 aliphatic carbocycles. The van der Waals surface area contributed by atoms with Gasteiger partial charge in [-0.05, 0) is 42.2 Å². The van der Waals surface area contributed by atoms with Gasteiger partial charge in [0.1, 0.15) is 6.54 Å². The van der Waals surface area contributed by atoms with E-state index >= 15 is 0 Å². The Kier molecular flexibility index (Phi) is 7.83. The quantitative estimate of drug-likeness (QED) is 0.577. The van der Waals surface area contributed by atoms with Gasteiger partial charge in [0.25, 0.3) is 5.91 Å². The average molecular weight is 443 g/mol. The van der Waals surface area contributed by atoms with Gasteiger partial charge in [-0.2, -0.15) is 0 Å². The molecule has 2 aromatic carbocycles. The van der Waals surface area contributed by atoms with Gasteiger partial charge in [0.05, 0.1) is 0 Å². The molecule has 4 rings (SSSR count). The third-order valence-corrected chi connectivity index (χ3v) is 7.41. The predicted molar refractivity (Wildman–Crippen MR) is 132 cm³/mol. The lowest BCUT2D eigenvalue weighted by Gasteiger charge is -2.34. The second-order valence-electron chi connectivity index (χ2n) is 9.48. The van der Waals surface area contributed by atoms with Crippen LogP contribution in [-0.4, -0.2) is 47.8 Å². The molecule has 1 unspecified atom stereocenters. The molecule has 4 nitrogen and oxygen atoms in total. The van der Waals surface area contributed by atoms with Crippen molar-refractivity contribution in [3.05, 3.63) is 71.8 Å². The van der Waals surface area contributed by atoms with Crippen molar-refractivity contribution in [2.24, 2.45) is 5.92 Å². The van der Waals surface area contributed by atoms with Crippen molar-refractivity contribution in [3.8, 4) is 12.3 Å². The van der Waals surface area contributed by atoms with Crippen LogP contribution in [0.15, 0.2) is 60.7 Å². The fraction of sp³-hybridized carbons (Fsp3) is 0.448. The molecule has 1 heterocycles. The maximum atomic E-state index is 13.2. The van der Waals surface area contributed by atoms with E-state index in [-0.39, 0.29) is 24.3 Å². The predicted octanol–water partition coefficient (Wildman–Crippen LogP) is 4.83. The topological polar surface area (TPSA) is 40.6 Å². The molecule has 1 aliphatic heterocycles. The molecule has 1 saturated heterocycles. The van der Waals surface area contributed by atoms with Crippen molar-refractivity contribution in [2.75, 3.05) is 26.2 Å². The van der Waals surface area contributed by atoms with E-state index in [9.17, 15) is 9.59 Å². The van der Waals surface area contributed by atoms with Crippen LogP contribution >= 0.6 is 0 Å². The standard InChI is InChI=1S/C29H34N2O2/c1-2-28(32)31(21-27(24-14-8-4-9-15-24)25-16-10-5-11-17-25)22-29(33)30-19-18-26(20-30)23-12-6-3-7-13-23/h1,3-4,6-9,12-15,25-27H,5,10-11,16-22H2/t26-,27?/m1/s1. The SMILES string of the molecule is C#CC(=O)N(CC(=O)N1CC[C@@H](c2ccccc2)C1)CC(c1ccccc1)C1CCCCC1. The molecule has 2 aliphatic rings. The van der Waals surface area contributed by atoms with E-state index in [0.29, 0.717) is 24.9 Å². The lowest BCUT2D eigenvalue weighted by Crippen LogP contribution is -2.44. The Morgan fingerprint density at radius 3 is 2.30 bits per heavy atom. The summed E-state index contributed by atoms with van der Waals surface area (Å²) in [6.07, 6.45) is 12.5. The summed E-state index contributed by atoms with van der Waals surface area (Å²) in [5.41, 5.74) is 2.50. The van der Waals surface area contributed by atoms with E-state index in [0.717, 1.165) is 25.8 Å². The summed E-state index contributed by atoms with van der Waals surface area (Å²) in [6, 6.07) is 20.8. The number of rotatable bonds is 7. The Morgan fingerprint density at radius 2 is 1.64 bits per heavy atom. The highest BCUT2D eigenvalue weighted by Crippen LogP contribution is 2.37. The molecular weight excluding hydrogens is 408 g/mol. The number of terminal acetylenes is 1. The number of amides is 2. The smallest absolute Gasteiger partial charge is 0.298 e. The lowest BCUT2D eigenvalue weighted by molar-refractivity contribution is -0.137. The van der Waals surface area contributed by atoms with Gasteiger partial charge in [-0.25, -0.2) is 0 Å². The van der Waals surface area contributed by atoms with Gasteiger partial charge < -0.3 is 9.80 Å². The van der Waals surface area contributed by atoms with Crippen molar-refractivity contribution in [1.29, 1.82) is 0 Å².